The number of hydrogen-bond acceptors (Lipinski definition) is 2. The van der Waals surface area contributed by atoms with Gasteiger partial charge < -0.3 is 5.32 Å². The van der Waals surface area contributed by atoms with E-state index in [9.17, 15) is 13.6 Å². The Kier molecular flexibility index (Phi) is 4.95. The number of hydrogen-bond donors (Lipinski definition) is 2. The van der Waals surface area contributed by atoms with Gasteiger partial charge in [0.2, 0.25) is 0 Å². The summed E-state index contributed by atoms with van der Waals surface area (Å²) in [4.78, 5) is 12.0. The zero-order chi connectivity index (χ0) is 17.8. The summed E-state index contributed by atoms with van der Waals surface area (Å²) in [7, 11) is 0. The van der Waals surface area contributed by atoms with Crippen LogP contribution in [0, 0.1) is 11.6 Å². The molecule has 3 rings (SSSR count). The molecule has 0 unspecified atom stereocenters. The van der Waals surface area contributed by atoms with E-state index in [1.54, 1.807) is 24.3 Å². The van der Waals surface area contributed by atoms with Crippen LogP contribution < -0.4 is 10.6 Å². The number of rotatable bonds is 4. The third kappa shape index (κ3) is 4.33. The van der Waals surface area contributed by atoms with Crippen LogP contribution in [0.25, 0.3) is 0 Å². The average Bonchev–Trinajstić information content (AvgIpc) is 2.89. The highest BCUT2D eigenvalue weighted by Crippen LogP contribution is 2.21. The molecule has 0 saturated carbocycles. The molecule has 1 aromatic heterocycles. The van der Waals surface area contributed by atoms with Crippen LogP contribution in [-0.4, -0.2) is 15.8 Å². The fourth-order valence-electron chi connectivity index (χ4n) is 2.20. The van der Waals surface area contributed by atoms with Crippen molar-refractivity contribution in [2.24, 2.45) is 0 Å². The van der Waals surface area contributed by atoms with Crippen molar-refractivity contribution in [3.8, 4) is 0 Å². The van der Waals surface area contributed by atoms with E-state index in [1.807, 2.05) is 0 Å². The van der Waals surface area contributed by atoms with Crippen molar-refractivity contribution in [3.05, 3.63) is 76.9 Å². The minimum atomic E-state index is -0.622. The van der Waals surface area contributed by atoms with E-state index in [1.165, 1.54) is 35.1 Å². The van der Waals surface area contributed by atoms with Crippen LogP contribution in [0.4, 0.5) is 25.1 Å². The quantitative estimate of drug-likeness (QED) is 0.717. The van der Waals surface area contributed by atoms with Crippen molar-refractivity contribution in [3.63, 3.8) is 0 Å². The topological polar surface area (TPSA) is 59.0 Å². The van der Waals surface area contributed by atoms with Gasteiger partial charge in [-0.15, -0.1) is 0 Å². The highest BCUT2D eigenvalue weighted by atomic mass is 35.5. The van der Waals surface area contributed by atoms with E-state index in [0.717, 1.165) is 0 Å². The van der Waals surface area contributed by atoms with E-state index in [4.69, 9.17) is 11.6 Å². The van der Waals surface area contributed by atoms with E-state index < -0.39 is 11.8 Å². The van der Waals surface area contributed by atoms with Crippen LogP contribution in [0.2, 0.25) is 5.02 Å². The zero-order valence-corrected chi connectivity index (χ0v) is 13.6. The number of anilines is 2. The number of halogens is 3. The van der Waals surface area contributed by atoms with Crippen molar-refractivity contribution < 1.29 is 13.6 Å². The summed E-state index contributed by atoms with van der Waals surface area (Å²) in [5, 5.41) is 9.25. The van der Waals surface area contributed by atoms with Gasteiger partial charge in [0.1, 0.15) is 16.7 Å². The Labute approximate surface area is 147 Å². The van der Waals surface area contributed by atoms with Crippen LogP contribution in [-0.2, 0) is 6.54 Å². The predicted octanol–water partition coefficient (Wildman–Crippen LogP) is 4.51. The van der Waals surface area contributed by atoms with Crippen LogP contribution in [0.3, 0.4) is 0 Å². The molecule has 0 saturated heterocycles. The largest absolute Gasteiger partial charge is 0.324 e. The molecule has 0 spiro atoms. The van der Waals surface area contributed by atoms with Crippen LogP contribution >= 0.6 is 11.6 Å². The van der Waals surface area contributed by atoms with Gasteiger partial charge in [-0.2, -0.15) is 5.10 Å². The van der Waals surface area contributed by atoms with Crippen molar-refractivity contribution in [2.45, 2.75) is 6.54 Å². The number of carbonyl (C=O) groups is 1. The van der Waals surface area contributed by atoms with Gasteiger partial charge in [-0.3, -0.25) is 10.00 Å². The van der Waals surface area contributed by atoms with Gasteiger partial charge in [-0.1, -0.05) is 35.9 Å². The smallest absolute Gasteiger partial charge is 0.308 e. The van der Waals surface area contributed by atoms with E-state index in [2.05, 4.69) is 15.7 Å². The SMILES string of the molecule is O=C(Nc1cccc(F)c1)Nc1nn(Cc2ccccc2F)cc1Cl. The van der Waals surface area contributed by atoms with Gasteiger partial charge in [0.05, 0.1) is 6.54 Å². The third-order valence-corrected chi connectivity index (χ3v) is 3.60. The fraction of sp³-hybridized carbons (Fsp3) is 0.0588. The minimum Gasteiger partial charge on any atom is -0.308 e. The molecule has 0 atom stereocenters. The fourth-order valence-corrected chi connectivity index (χ4v) is 2.40. The van der Waals surface area contributed by atoms with Gasteiger partial charge >= 0.3 is 6.03 Å². The highest BCUT2D eigenvalue weighted by molar-refractivity contribution is 6.33. The Bertz CT molecular complexity index is 913. The van der Waals surface area contributed by atoms with Crippen molar-refractivity contribution in [2.75, 3.05) is 10.6 Å². The number of carbonyl (C=O) groups excluding carboxylic acids is 1. The molecule has 0 aliphatic carbocycles. The molecule has 0 radical (unpaired) electrons. The third-order valence-electron chi connectivity index (χ3n) is 3.32. The Morgan fingerprint density at radius 3 is 2.68 bits per heavy atom. The maximum absolute atomic E-state index is 13.7. The molecule has 5 nitrogen and oxygen atoms in total. The lowest BCUT2D eigenvalue weighted by Crippen LogP contribution is -2.20. The number of urea groups is 1. The van der Waals surface area contributed by atoms with Crippen LogP contribution in [0.15, 0.2) is 54.7 Å². The number of nitrogens with one attached hydrogen (secondary N) is 2. The van der Waals surface area contributed by atoms with Crippen molar-refractivity contribution >= 4 is 29.1 Å². The molecule has 0 aliphatic heterocycles. The summed E-state index contributed by atoms with van der Waals surface area (Å²) in [6.07, 6.45) is 1.48. The summed E-state index contributed by atoms with van der Waals surface area (Å²) < 4.78 is 28.2. The van der Waals surface area contributed by atoms with E-state index >= 15 is 0 Å². The number of nitrogens with zero attached hydrogens (tertiary/aromatic N) is 2. The molecule has 2 aromatic carbocycles. The molecule has 25 heavy (non-hydrogen) atoms. The normalized spacial score (nSPS) is 10.5. The Morgan fingerprint density at radius 2 is 1.92 bits per heavy atom. The molecular weight excluding hydrogens is 350 g/mol. The van der Waals surface area contributed by atoms with Gasteiger partial charge in [0, 0.05) is 17.4 Å². The molecule has 2 N–H and O–H groups in total. The molecule has 2 amide bonds. The summed E-state index contributed by atoms with van der Waals surface area (Å²) in [5.41, 5.74) is 0.733. The summed E-state index contributed by atoms with van der Waals surface area (Å²) in [6.45, 7) is 0.166. The van der Waals surface area contributed by atoms with Crippen molar-refractivity contribution in [1.82, 2.24) is 9.78 Å². The van der Waals surface area contributed by atoms with Gasteiger partial charge in [-0.05, 0) is 24.3 Å². The Balaban J connectivity index is 1.68. The number of benzene rings is 2. The standard InChI is InChI=1S/C17H13ClF2N4O/c18-14-10-24(9-11-4-1-2-7-15(11)20)23-16(14)22-17(25)21-13-6-3-5-12(19)8-13/h1-8,10H,9H2,(H2,21,22,23,25). The summed E-state index contributed by atoms with van der Waals surface area (Å²) in [6, 6.07) is 11.1. The lowest BCUT2D eigenvalue weighted by molar-refractivity contribution is 0.262. The first-order valence-corrected chi connectivity index (χ1v) is 7.69. The van der Waals surface area contributed by atoms with Crippen LogP contribution in [0.1, 0.15) is 5.56 Å². The van der Waals surface area contributed by atoms with Gasteiger partial charge in [0.25, 0.3) is 0 Å². The lowest BCUT2D eigenvalue weighted by Gasteiger charge is -2.06. The molecule has 0 bridgehead atoms. The minimum absolute atomic E-state index is 0.118. The molecule has 8 heteroatoms. The summed E-state index contributed by atoms with van der Waals surface area (Å²) >= 11 is 6.04. The van der Waals surface area contributed by atoms with Gasteiger partial charge in [0.15, 0.2) is 5.82 Å². The number of aromatic nitrogens is 2. The first kappa shape index (κ1) is 16.9. The maximum atomic E-state index is 13.7. The number of amides is 2. The zero-order valence-electron chi connectivity index (χ0n) is 12.8. The second-order valence-electron chi connectivity index (χ2n) is 5.20. The molecule has 1 heterocycles. The maximum Gasteiger partial charge on any atom is 0.324 e. The Morgan fingerprint density at radius 1 is 1.12 bits per heavy atom. The molecular formula is C17H13ClF2N4O. The highest BCUT2D eigenvalue weighted by Gasteiger charge is 2.12. The Hall–Kier alpha value is -2.93. The molecule has 128 valence electrons. The molecule has 3 aromatic rings. The predicted molar refractivity (Wildman–Crippen MR) is 91.8 cm³/mol. The second-order valence-corrected chi connectivity index (χ2v) is 5.61. The monoisotopic (exact) mass is 362 g/mol. The van der Waals surface area contributed by atoms with Crippen molar-refractivity contribution in [1.29, 1.82) is 0 Å². The van der Waals surface area contributed by atoms with Gasteiger partial charge in [-0.25, -0.2) is 13.6 Å². The first-order chi connectivity index (χ1) is 12.0. The average molecular weight is 363 g/mol. The van der Waals surface area contributed by atoms with E-state index in [-0.39, 0.29) is 23.2 Å². The molecule has 0 fully saturated rings. The van der Waals surface area contributed by atoms with E-state index in [0.29, 0.717) is 11.3 Å². The molecule has 0 aliphatic rings. The first-order valence-electron chi connectivity index (χ1n) is 7.31. The lowest BCUT2D eigenvalue weighted by atomic mass is 10.2. The summed E-state index contributed by atoms with van der Waals surface area (Å²) in [5.74, 6) is -0.704. The second kappa shape index (κ2) is 7.31. The van der Waals surface area contributed by atoms with Crippen LogP contribution in [0.5, 0.6) is 0 Å².